The van der Waals surface area contributed by atoms with Crippen LogP contribution in [0.3, 0.4) is 0 Å². The molecule has 1 atom stereocenters. The summed E-state index contributed by atoms with van der Waals surface area (Å²) in [4.78, 5) is 23.2. The monoisotopic (exact) mass is 413 g/mol. The van der Waals surface area contributed by atoms with Crippen LogP contribution in [0.25, 0.3) is 0 Å². The van der Waals surface area contributed by atoms with E-state index in [2.05, 4.69) is 5.32 Å². The molecule has 0 bridgehead atoms. The van der Waals surface area contributed by atoms with E-state index in [9.17, 15) is 14.7 Å². The number of nitrogens with one attached hydrogen (secondary N) is 1. The Kier molecular flexibility index (Phi) is 11.0. The number of benzene rings is 1. The Labute approximate surface area is 170 Å². The molecule has 9 heteroatoms. The minimum atomic E-state index is -1.14. The standard InChI is InChI=1S/C20H31NO8/c1-20(2,3)29-19(25)21-17(18(23)24)14-15-4-6-16(7-5-15)28-13-12-27-11-10-26-9-8-22/h4-7,17,22H,8-14H2,1-3H3,(H,21,25)(H,23,24). The maximum absolute atomic E-state index is 11.8. The van der Waals surface area contributed by atoms with E-state index in [1.54, 1.807) is 45.0 Å². The first-order chi connectivity index (χ1) is 13.7. The number of hydrogen-bond donors (Lipinski definition) is 3. The van der Waals surface area contributed by atoms with Crippen molar-refractivity contribution in [1.82, 2.24) is 5.32 Å². The van der Waals surface area contributed by atoms with Gasteiger partial charge in [-0.15, -0.1) is 0 Å². The van der Waals surface area contributed by atoms with Crippen LogP contribution in [-0.4, -0.2) is 73.6 Å². The van der Waals surface area contributed by atoms with Crippen LogP contribution >= 0.6 is 0 Å². The number of carboxylic acid groups (broad SMARTS) is 1. The van der Waals surface area contributed by atoms with Gasteiger partial charge in [-0.3, -0.25) is 0 Å². The van der Waals surface area contributed by atoms with E-state index in [0.717, 1.165) is 5.56 Å². The average Bonchev–Trinajstić information content (AvgIpc) is 2.63. The molecular formula is C20H31NO8. The van der Waals surface area contributed by atoms with Gasteiger partial charge in [-0.2, -0.15) is 0 Å². The Morgan fingerprint density at radius 1 is 1.00 bits per heavy atom. The van der Waals surface area contributed by atoms with Crippen molar-refractivity contribution in [2.24, 2.45) is 0 Å². The van der Waals surface area contributed by atoms with E-state index in [-0.39, 0.29) is 13.0 Å². The minimum Gasteiger partial charge on any atom is -0.491 e. The third-order valence-electron chi connectivity index (χ3n) is 3.46. The van der Waals surface area contributed by atoms with Gasteiger partial charge >= 0.3 is 12.1 Å². The molecule has 0 aliphatic carbocycles. The molecule has 29 heavy (non-hydrogen) atoms. The number of aliphatic hydroxyl groups is 1. The minimum absolute atomic E-state index is 0.0105. The molecule has 1 rings (SSSR count). The number of ether oxygens (including phenoxy) is 4. The number of amides is 1. The predicted octanol–water partition coefficient (Wildman–Crippen LogP) is 1.61. The first kappa shape index (κ1) is 24.7. The summed E-state index contributed by atoms with van der Waals surface area (Å²) in [6.07, 6.45) is -0.655. The van der Waals surface area contributed by atoms with Gasteiger partial charge in [0, 0.05) is 6.42 Å². The fourth-order valence-corrected chi connectivity index (χ4v) is 2.21. The summed E-state index contributed by atoms with van der Waals surface area (Å²) >= 11 is 0. The molecule has 0 saturated heterocycles. The predicted molar refractivity (Wildman–Crippen MR) is 105 cm³/mol. The van der Waals surface area contributed by atoms with E-state index < -0.39 is 23.7 Å². The van der Waals surface area contributed by atoms with Crippen LogP contribution in [0.2, 0.25) is 0 Å². The number of alkyl carbamates (subject to hydrolysis) is 1. The van der Waals surface area contributed by atoms with Crippen LogP contribution in [0.5, 0.6) is 5.75 Å². The normalized spacial score (nSPS) is 12.3. The lowest BCUT2D eigenvalue weighted by atomic mass is 10.1. The molecule has 0 aliphatic rings. The number of carboxylic acids is 1. The molecule has 1 aromatic rings. The zero-order chi connectivity index (χ0) is 21.7. The largest absolute Gasteiger partial charge is 0.491 e. The van der Waals surface area contributed by atoms with Crippen molar-refractivity contribution in [2.45, 2.75) is 38.8 Å². The van der Waals surface area contributed by atoms with E-state index in [0.29, 0.717) is 38.8 Å². The SMILES string of the molecule is CC(C)(C)OC(=O)NC(Cc1ccc(OCCOCCOCCO)cc1)C(=O)O. The van der Waals surface area contributed by atoms with Crippen LogP contribution in [-0.2, 0) is 25.4 Å². The van der Waals surface area contributed by atoms with E-state index in [4.69, 9.17) is 24.1 Å². The van der Waals surface area contributed by atoms with Crippen molar-refractivity contribution in [3.8, 4) is 5.75 Å². The maximum Gasteiger partial charge on any atom is 0.408 e. The van der Waals surface area contributed by atoms with Gasteiger partial charge in [-0.1, -0.05) is 12.1 Å². The first-order valence-corrected chi connectivity index (χ1v) is 9.41. The fourth-order valence-electron chi connectivity index (χ4n) is 2.21. The molecule has 0 spiro atoms. The molecule has 0 aliphatic heterocycles. The van der Waals surface area contributed by atoms with Crippen LogP contribution in [0.15, 0.2) is 24.3 Å². The van der Waals surface area contributed by atoms with Crippen LogP contribution in [0.1, 0.15) is 26.3 Å². The Bertz CT molecular complexity index is 612. The number of aliphatic hydroxyl groups excluding tert-OH is 1. The van der Waals surface area contributed by atoms with E-state index >= 15 is 0 Å². The number of rotatable bonds is 13. The molecule has 0 saturated carbocycles. The number of carbonyl (C=O) groups is 2. The Balaban J connectivity index is 2.39. The number of carbonyl (C=O) groups excluding carboxylic acids is 1. The highest BCUT2D eigenvalue weighted by atomic mass is 16.6. The van der Waals surface area contributed by atoms with Crippen molar-refractivity contribution < 1.29 is 38.7 Å². The molecule has 1 amide bonds. The molecule has 1 unspecified atom stereocenters. The molecule has 0 heterocycles. The lowest BCUT2D eigenvalue weighted by molar-refractivity contribution is -0.139. The van der Waals surface area contributed by atoms with Crippen molar-refractivity contribution in [2.75, 3.05) is 39.6 Å². The highest BCUT2D eigenvalue weighted by Gasteiger charge is 2.24. The van der Waals surface area contributed by atoms with Gasteiger partial charge < -0.3 is 34.5 Å². The summed E-state index contributed by atoms with van der Waals surface area (Å²) in [5.41, 5.74) is 0.0283. The highest BCUT2D eigenvalue weighted by Crippen LogP contribution is 2.14. The lowest BCUT2D eigenvalue weighted by Gasteiger charge is -2.22. The first-order valence-electron chi connectivity index (χ1n) is 9.41. The Morgan fingerprint density at radius 3 is 2.14 bits per heavy atom. The summed E-state index contributed by atoms with van der Waals surface area (Å²) in [5, 5.41) is 20.3. The van der Waals surface area contributed by atoms with Gasteiger partial charge in [-0.05, 0) is 38.5 Å². The quantitative estimate of drug-likeness (QED) is 0.417. The third-order valence-corrected chi connectivity index (χ3v) is 3.46. The van der Waals surface area contributed by atoms with Gasteiger partial charge in [0.2, 0.25) is 0 Å². The molecule has 0 aromatic heterocycles. The third kappa shape index (κ3) is 11.9. The second kappa shape index (κ2) is 13.0. The highest BCUT2D eigenvalue weighted by molar-refractivity contribution is 5.80. The lowest BCUT2D eigenvalue weighted by Crippen LogP contribution is -2.44. The summed E-state index contributed by atoms with van der Waals surface area (Å²) < 4.78 is 21.0. The van der Waals surface area contributed by atoms with Crippen LogP contribution in [0, 0.1) is 0 Å². The van der Waals surface area contributed by atoms with Gasteiger partial charge in [0.25, 0.3) is 0 Å². The molecule has 3 N–H and O–H groups in total. The van der Waals surface area contributed by atoms with Gasteiger partial charge in [0.05, 0.1) is 33.0 Å². The second-order valence-corrected chi connectivity index (χ2v) is 7.18. The number of aliphatic carboxylic acids is 1. The Hall–Kier alpha value is -2.36. The molecule has 164 valence electrons. The van der Waals surface area contributed by atoms with Crippen LogP contribution in [0.4, 0.5) is 4.79 Å². The summed E-state index contributed by atoms with van der Waals surface area (Å²) in [7, 11) is 0. The summed E-state index contributed by atoms with van der Waals surface area (Å²) in [5.74, 6) is -0.517. The maximum atomic E-state index is 11.8. The van der Waals surface area contributed by atoms with Crippen molar-refractivity contribution in [1.29, 1.82) is 0 Å². The zero-order valence-corrected chi connectivity index (χ0v) is 17.2. The van der Waals surface area contributed by atoms with Crippen molar-refractivity contribution >= 4 is 12.1 Å². The fraction of sp³-hybridized carbons (Fsp3) is 0.600. The van der Waals surface area contributed by atoms with Crippen molar-refractivity contribution in [3.63, 3.8) is 0 Å². The van der Waals surface area contributed by atoms with Gasteiger partial charge in [0.1, 0.15) is 24.0 Å². The average molecular weight is 413 g/mol. The number of hydrogen-bond acceptors (Lipinski definition) is 7. The van der Waals surface area contributed by atoms with Gasteiger partial charge in [-0.25, -0.2) is 9.59 Å². The molecule has 1 aromatic carbocycles. The smallest absolute Gasteiger partial charge is 0.408 e. The molecule has 0 fully saturated rings. The molecule has 9 nitrogen and oxygen atoms in total. The molecular weight excluding hydrogens is 382 g/mol. The van der Waals surface area contributed by atoms with Crippen LogP contribution < -0.4 is 10.1 Å². The van der Waals surface area contributed by atoms with Crippen molar-refractivity contribution in [3.05, 3.63) is 29.8 Å². The van der Waals surface area contributed by atoms with Gasteiger partial charge in [0.15, 0.2) is 0 Å². The van der Waals surface area contributed by atoms with E-state index in [1.807, 2.05) is 0 Å². The Morgan fingerprint density at radius 2 is 1.59 bits per heavy atom. The van der Waals surface area contributed by atoms with E-state index in [1.165, 1.54) is 0 Å². The zero-order valence-electron chi connectivity index (χ0n) is 17.2. The summed E-state index contributed by atoms with van der Waals surface area (Å²) in [6.45, 7) is 6.99. The summed E-state index contributed by atoms with van der Waals surface area (Å²) in [6, 6.07) is 5.84. The second-order valence-electron chi connectivity index (χ2n) is 7.18. The molecule has 0 radical (unpaired) electrons. The topological polar surface area (TPSA) is 124 Å².